The fourth-order valence-electron chi connectivity index (χ4n) is 9.91. The fourth-order valence-corrected chi connectivity index (χ4v) is 9.91. The largest absolute Gasteiger partial charge is 0.445 e. The summed E-state index contributed by atoms with van der Waals surface area (Å²) in [7, 11) is 1.79. The highest BCUT2D eigenvalue weighted by molar-refractivity contribution is 5.94. The van der Waals surface area contributed by atoms with E-state index in [9.17, 15) is 14.4 Å². The molecule has 11 atom stereocenters. The highest BCUT2D eigenvalue weighted by atomic mass is 16.6. The Morgan fingerprint density at radius 1 is 1.14 bits per heavy atom. The van der Waals surface area contributed by atoms with Crippen LogP contribution < -0.4 is 5.32 Å². The van der Waals surface area contributed by atoms with Crippen molar-refractivity contribution in [1.29, 1.82) is 0 Å². The molecule has 2 saturated heterocycles. The van der Waals surface area contributed by atoms with Gasteiger partial charge in [-0.3, -0.25) is 14.9 Å². The maximum atomic E-state index is 14.1. The summed E-state index contributed by atoms with van der Waals surface area (Å²) < 4.78 is 12.3. The van der Waals surface area contributed by atoms with Crippen LogP contribution in [0.15, 0.2) is 12.2 Å². The van der Waals surface area contributed by atoms with Crippen LogP contribution in [-0.2, 0) is 19.1 Å². The number of nitrogens with one attached hydrogen (secondary N) is 1. The van der Waals surface area contributed by atoms with E-state index in [1.165, 1.54) is 0 Å². The highest BCUT2D eigenvalue weighted by Crippen LogP contribution is 2.78. The van der Waals surface area contributed by atoms with Crippen LogP contribution in [0.25, 0.3) is 0 Å². The van der Waals surface area contributed by atoms with Crippen LogP contribution in [0, 0.1) is 45.8 Å². The van der Waals surface area contributed by atoms with E-state index in [-0.39, 0.29) is 46.4 Å². The summed E-state index contributed by atoms with van der Waals surface area (Å²) in [4.78, 5) is 42.7. The van der Waals surface area contributed by atoms with Crippen LogP contribution in [-0.4, -0.2) is 61.6 Å². The SMILES string of the molecule is CC=C[C@]1(C)C[C@@H](OC(=O)NC(=O)[C@H]2CN3CC[C@@H]2C3)[C@]23C[C@@H]2CCC2(CC[C@@H](OC)C23)[C@@H](C)C1=O. The Kier molecular flexibility index (Phi) is 5.73. The Bertz CT molecular complexity index is 996. The van der Waals surface area contributed by atoms with E-state index in [2.05, 4.69) is 17.1 Å². The Hall–Kier alpha value is -1.73. The van der Waals surface area contributed by atoms with Gasteiger partial charge < -0.3 is 14.4 Å². The second-order valence-corrected chi connectivity index (χ2v) is 13.1. The molecule has 2 aliphatic heterocycles. The van der Waals surface area contributed by atoms with Crippen LogP contribution in [0.3, 0.4) is 0 Å². The molecule has 0 aromatic rings. The van der Waals surface area contributed by atoms with Gasteiger partial charge in [-0.15, -0.1) is 0 Å². The number of hydrogen-bond donors (Lipinski definition) is 1. The molecule has 2 heterocycles. The molecular formula is C29H42N2O5. The number of fused-ring (bicyclic) bond motifs is 2. The maximum absolute atomic E-state index is 14.1. The van der Waals surface area contributed by atoms with E-state index in [1.54, 1.807) is 7.11 Å². The van der Waals surface area contributed by atoms with Gasteiger partial charge in [-0.2, -0.15) is 0 Å². The van der Waals surface area contributed by atoms with Crippen LogP contribution in [0.1, 0.15) is 65.7 Å². The van der Waals surface area contributed by atoms with Crippen molar-refractivity contribution in [1.82, 2.24) is 10.2 Å². The van der Waals surface area contributed by atoms with Gasteiger partial charge in [0.25, 0.3) is 0 Å². The first-order valence-electron chi connectivity index (χ1n) is 14.1. The lowest BCUT2D eigenvalue weighted by Gasteiger charge is -2.54. The molecule has 36 heavy (non-hydrogen) atoms. The lowest BCUT2D eigenvalue weighted by Crippen LogP contribution is -2.57. The topological polar surface area (TPSA) is 84.9 Å². The zero-order valence-corrected chi connectivity index (χ0v) is 22.3. The number of imide groups is 1. The number of methoxy groups -OCH3 is 1. The average Bonchev–Trinajstić information content (AvgIpc) is 3.17. The Labute approximate surface area is 214 Å². The predicted octanol–water partition coefficient (Wildman–Crippen LogP) is 3.96. The van der Waals surface area contributed by atoms with Crippen molar-refractivity contribution in [2.75, 3.05) is 26.7 Å². The van der Waals surface area contributed by atoms with Crippen molar-refractivity contribution in [3.63, 3.8) is 0 Å². The first-order valence-corrected chi connectivity index (χ1v) is 14.1. The molecular weight excluding hydrogens is 456 g/mol. The van der Waals surface area contributed by atoms with Crippen LogP contribution in [0.5, 0.6) is 0 Å². The standard InChI is InChI=1S/C29H42N2O5/c1-5-9-27(3)14-22(36-26(34)30-25(33)20-16-31-12-8-18(20)15-31)29-13-19(29)6-10-28(17(2)24(27)32)11-7-21(35-4)23(28)29/h5,9,17-23H,6-8,10-16H2,1-4H3,(H,30,33,34)/t17-,18+,19-,20-,21+,22+,23?,27+,28?,29-/m0/s1. The number of ether oxygens (including phenoxy) is 2. The molecule has 4 saturated carbocycles. The van der Waals surface area contributed by atoms with Crippen molar-refractivity contribution in [3.8, 4) is 0 Å². The molecule has 7 nitrogen and oxygen atoms in total. The average molecular weight is 499 g/mol. The molecule has 4 bridgehead atoms. The van der Waals surface area contributed by atoms with Crippen LogP contribution in [0.4, 0.5) is 4.79 Å². The normalized spacial score (nSPS) is 50.8. The van der Waals surface area contributed by atoms with E-state index < -0.39 is 17.6 Å². The third-order valence-corrected chi connectivity index (χ3v) is 11.6. The second-order valence-electron chi connectivity index (χ2n) is 13.1. The maximum Gasteiger partial charge on any atom is 0.414 e. The summed E-state index contributed by atoms with van der Waals surface area (Å²) in [5.41, 5.74) is -0.993. The Morgan fingerprint density at radius 2 is 1.92 bits per heavy atom. The zero-order valence-electron chi connectivity index (χ0n) is 22.3. The Morgan fingerprint density at radius 3 is 2.58 bits per heavy atom. The quantitative estimate of drug-likeness (QED) is 0.591. The van der Waals surface area contributed by atoms with Crippen molar-refractivity contribution in [3.05, 3.63) is 12.2 Å². The summed E-state index contributed by atoms with van der Waals surface area (Å²) in [6.07, 6.45) is 9.52. The number of Topliss-reactive ketones (excluding diaryl/α,β-unsaturated/α-hetero) is 1. The lowest BCUT2D eigenvalue weighted by atomic mass is 9.50. The van der Waals surface area contributed by atoms with Gasteiger partial charge in [0.2, 0.25) is 5.91 Å². The molecule has 1 N–H and O–H groups in total. The number of amides is 2. The molecule has 0 aromatic carbocycles. The first-order chi connectivity index (χ1) is 17.2. The van der Waals surface area contributed by atoms with Gasteiger partial charge in [0.05, 0.1) is 12.0 Å². The van der Waals surface area contributed by atoms with Crippen LogP contribution >= 0.6 is 0 Å². The molecule has 1 spiro atoms. The number of piperidine rings is 1. The summed E-state index contributed by atoms with van der Waals surface area (Å²) >= 11 is 0. The van der Waals surface area contributed by atoms with E-state index in [1.807, 2.05) is 26.0 Å². The van der Waals surface area contributed by atoms with Crippen molar-refractivity contribution >= 4 is 17.8 Å². The molecule has 7 heteroatoms. The number of carbonyl (C=O) groups excluding carboxylic acids is 3. The molecule has 2 amide bonds. The van der Waals surface area contributed by atoms with Gasteiger partial charge in [0.1, 0.15) is 11.9 Å². The molecule has 0 radical (unpaired) electrons. The molecule has 6 aliphatic rings. The summed E-state index contributed by atoms with van der Waals surface area (Å²) in [6.45, 7) is 8.83. The van der Waals surface area contributed by atoms with E-state index in [4.69, 9.17) is 9.47 Å². The number of carbonyl (C=O) groups is 3. The lowest BCUT2D eigenvalue weighted by molar-refractivity contribution is -0.156. The monoisotopic (exact) mass is 498 g/mol. The number of hydrogen-bond acceptors (Lipinski definition) is 6. The van der Waals surface area contributed by atoms with E-state index in [0.717, 1.165) is 58.2 Å². The first kappa shape index (κ1) is 24.6. The number of alkyl carbamates (subject to hydrolysis) is 1. The van der Waals surface area contributed by atoms with Crippen molar-refractivity contribution < 1.29 is 23.9 Å². The molecule has 3 unspecified atom stereocenters. The third-order valence-electron chi connectivity index (χ3n) is 11.6. The van der Waals surface area contributed by atoms with Crippen molar-refractivity contribution in [2.24, 2.45) is 45.8 Å². The minimum Gasteiger partial charge on any atom is -0.445 e. The molecule has 0 aromatic heterocycles. The van der Waals surface area contributed by atoms with Gasteiger partial charge in [-0.1, -0.05) is 19.1 Å². The third kappa shape index (κ3) is 3.34. The van der Waals surface area contributed by atoms with E-state index >= 15 is 0 Å². The Balaban J connectivity index is 1.31. The number of ketones is 1. The second kappa shape index (κ2) is 8.39. The molecule has 6 fully saturated rings. The van der Waals surface area contributed by atoms with Gasteiger partial charge in [-0.05, 0) is 76.2 Å². The summed E-state index contributed by atoms with van der Waals surface area (Å²) in [6, 6.07) is 0. The minimum atomic E-state index is -0.707. The van der Waals surface area contributed by atoms with E-state index in [0.29, 0.717) is 18.3 Å². The number of nitrogens with zero attached hydrogens (tertiary/aromatic N) is 1. The van der Waals surface area contributed by atoms with Gasteiger partial charge in [-0.25, -0.2) is 4.79 Å². The minimum absolute atomic E-state index is 0.0635. The summed E-state index contributed by atoms with van der Waals surface area (Å²) in [5.74, 6) is 0.855. The number of allylic oxidation sites excluding steroid dienone is 2. The van der Waals surface area contributed by atoms with Crippen molar-refractivity contribution in [2.45, 2.75) is 77.9 Å². The molecule has 6 rings (SSSR count). The molecule has 4 aliphatic carbocycles. The van der Waals surface area contributed by atoms with Gasteiger partial charge in [0.15, 0.2) is 0 Å². The highest BCUT2D eigenvalue weighted by Gasteiger charge is 2.77. The smallest absolute Gasteiger partial charge is 0.414 e. The van der Waals surface area contributed by atoms with Gasteiger partial charge in [0, 0.05) is 49.3 Å². The fraction of sp³-hybridized carbons (Fsp3) is 0.828. The van der Waals surface area contributed by atoms with Gasteiger partial charge >= 0.3 is 6.09 Å². The number of rotatable bonds is 4. The molecule has 198 valence electrons. The predicted molar refractivity (Wildman–Crippen MR) is 134 cm³/mol. The summed E-state index contributed by atoms with van der Waals surface area (Å²) in [5, 5.41) is 2.60. The zero-order chi connectivity index (χ0) is 25.5. The van der Waals surface area contributed by atoms with Crippen LogP contribution in [0.2, 0.25) is 0 Å².